The molecule has 0 unspecified atom stereocenters. The SMILES string of the molecule is CCOC(=O)/C(C#N)=C(NS(=O)(=O)c1ccc(C)cc1)\C(NS(=O)(=O)c1ccc(C)cc1)=C(\C#N)C(=O)OCC. The van der Waals surface area contributed by atoms with Gasteiger partial charge in [-0.1, -0.05) is 35.4 Å². The number of rotatable bonds is 11. The number of carbonyl (C=O) groups excluding carboxylic acids is 2. The molecule has 210 valence electrons. The number of ether oxygens (including phenoxy) is 2. The standard InChI is InChI=1S/C26H26N4O8S2/c1-5-37-25(31)21(15-27)23(29-39(33,34)19-11-7-17(3)8-12-19)24(22(16-28)26(32)38-6-2)30-40(35,36)20-13-9-18(4)10-14-20/h7-14,29-30H,5-6H2,1-4H3/b23-21+,24-22+. The van der Waals surface area contributed by atoms with Gasteiger partial charge in [0.1, 0.15) is 12.1 Å². The summed E-state index contributed by atoms with van der Waals surface area (Å²) in [5, 5.41) is 19.7. The fourth-order valence-electron chi connectivity index (χ4n) is 3.09. The van der Waals surface area contributed by atoms with Gasteiger partial charge in [-0.2, -0.15) is 10.5 Å². The highest BCUT2D eigenvalue weighted by atomic mass is 32.2. The lowest BCUT2D eigenvalue weighted by molar-refractivity contribution is -0.139. The maximum atomic E-state index is 13.3. The van der Waals surface area contributed by atoms with Gasteiger partial charge in [0, 0.05) is 0 Å². The number of hydrogen-bond acceptors (Lipinski definition) is 10. The normalized spacial score (nSPS) is 12.6. The number of sulfonamides is 2. The average molecular weight is 587 g/mol. The predicted octanol–water partition coefficient (Wildman–Crippen LogP) is 2.24. The van der Waals surface area contributed by atoms with Crippen LogP contribution in [0.15, 0.2) is 80.9 Å². The summed E-state index contributed by atoms with van der Waals surface area (Å²) in [6.45, 7) is 5.78. The van der Waals surface area contributed by atoms with Crippen LogP contribution in [0.4, 0.5) is 0 Å². The minimum atomic E-state index is -4.63. The molecule has 0 aliphatic carbocycles. The molecule has 0 amide bonds. The third kappa shape index (κ3) is 7.69. The van der Waals surface area contributed by atoms with Crippen LogP contribution in [0.1, 0.15) is 25.0 Å². The van der Waals surface area contributed by atoms with Crippen molar-refractivity contribution in [2.75, 3.05) is 13.2 Å². The second kappa shape index (κ2) is 13.4. The van der Waals surface area contributed by atoms with Crippen LogP contribution in [0, 0.1) is 36.5 Å². The topological polar surface area (TPSA) is 193 Å². The van der Waals surface area contributed by atoms with Crippen LogP contribution in [0.5, 0.6) is 0 Å². The van der Waals surface area contributed by atoms with E-state index in [2.05, 4.69) is 0 Å². The van der Waals surface area contributed by atoms with Crippen molar-refractivity contribution < 1.29 is 35.9 Å². The van der Waals surface area contributed by atoms with Gasteiger partial charge in [-0.25, -0.2) is 26.4 Å². The highest BCUT2D eigenvalue weighted by Gasteiger charge is 2.32. The number of hydrogen-bond donors (Lipinski definition) is 2. The predicted molar refractivity (Wildman–Crippen MR) is 142 cm³/mol. The zero-order valence-electron chi connectivity index (χ0n) is 22.0. The Bertz CT molecular complexity index is 1520. The van der Waals surface area contributed by atoms with Gasteiger partial charge in [0.2, 0.25) is 0 Å². The molecule has 0 aliphatic heterocycles. The van der Waals surface area contributed by atoms with Crippen LogP contribution in [0.2, 0.25) is 0 Å². The van der Waals surface area contributed by atoms with Crippen LogP contribution in [-0.4, -0.2) is 42.0 Å². The minimum absolute atomic E-state index is 0.237. The Labute approximate surface area is 232 Å². The minimum Gasteiger partial charge on any atom is -0.462 e. The highest BCUT2D eigenvalue weighted by Crippen LogP contribution is 2.23. The van der Waals surface area contributed by atoms with E-state index in [1.807, 2.05) is 9.44 Å². The van der Waals surface area contributed by atoms with E-state index in [0.29, 0.717) is 0 Å². The monoisotopic (exact) mass is 586 g/mol. The molecule has 2 N–H and O–H groups in total. The molecule has 0 heterocycles. The molecule has 2 rings (SSSR count). The Hall–Kier alpha value is -4.66. The fourth-order valence-corrected chi connectivity index (χ4v) is 5.26. The second-order valence-electron chi connectivity index (χ2n) is 8.00. The number of esters is 2. The van der Waals surface area contributed by atoms with Crippen LogP contribution in [0.3, 0.4) is 0 Å². The summed E-state index contributed by atoms with van der Waals surface area (Å²) in [4.78, 5) is 24.8. The summed E-state index contributed by atoms with van der Waals surface area (Å²) >= 11 is 0. The quantitative estimate of drug-likeness (QED) is 0.171. The first kappa shape index (κ1) is 31.6. The van der Waals surface area contributed by atoms with Gasteiger partial charge in [0.25, 0.3) is 20.0 Å². The van der Waals surface area contributed by atoms with Gasteiger partial charge in [0.05, 0.1) is 34.4 Å². The number of aryl methyl sites for hydroxylation is 2. The van der Waals surface area contributed by atoms with Gasteiger partial charge in [-0.05, 0) is 52.0 Å². The van der Waals surface area contributed by atoms with Crippen molar-refractivity contribution in [3.05, 3.63) is 82.2 Å². The number of benzene rings is 2. The van der Waals surface area contributed by atoms with Crippen molar-refractivity contribution in [3.63, 3.8) is 0 Å². The summed E-state index contributed by atoms with van der Waals surface area (Å²) in [6, 6.07) is 13.8. The van der Waals surface area contributed by atoms with Crippen molar-refractivity contribution in [2.45, 2.75) is 37.5 Å². The van der Waals surface area contributed by atoms with Gasteiger partial charge in [0.15, 0.2) is 11.1 Å². The molecular formula is C26H26N4O8S2. The molecule has 0 spiro atoms. The van der Waals surface area contributed by atoms with Gasteiger partial charge in [-0.15, -0.1) is 0 Å². The van der Waals surface area contributed by atoms with Gasteiger partial charge in [-0.3, -0.25) is 9.44 Å². The molecule has 2 aromatic carbocycles. The van der Waals surface area contributed by atoms with Crippen LogP contribution in [-0.2, 0) is 39.1 Å². The van der Waals surface area contributed by atoms with E-state index in [1.165, 1.54) is 74.5 Å². The number of nitrogens with one attached hydrogen (secondary N) is 2. The Morgan fingerprint density at radius 1 is 0.675 bits per heavy atom. The number of nitriles is 2. The average Bonchev–Trinajstić information content (AvgIpc) is 2.89. The van der Waals surface area contributed by atoms with E-state index in [-0.39, 0.29) is 23.0 Å². The van der Waals surface area contributed by atoms with Gasteiger partial charge >= 0.3 is 11.9 Å². The molecule has 0 fully saturated rings. The largest absolute Gasteiger partial charge is 0.462 e. The van der Waals surface area contributed by atoms with Crippen molar-refractivity contribution in [3.8, 4) is 12.1 Å². The van der Waals surface area contributed by atoms with Crippen molar-refractivity contribution in [1.82, 2.24) is 9.44 Å². The molecular weight excluding hydrogens is 560 g/mol. The van der Waals surface area contributed by atoms with Crippen molar-refractivity contribution >= 4 is 32.0 Å². The maximum Gasteiger partial charge on any atom is 0.351 e. The number of nitrogens with zero attached hydrogens (tertiary/aromatic N) is 2. The Balaban J connectivity index is 2.96. The zero-order chi connectivity index (χ0) is 30.1. The molecule has 40 heavy (non-hydrogen) atoms. The molecule has 0 saturated heterocycles. The van der Waals surface area contributed by atoms with E-state index in [0.717, 1.165) is 11.1 Å². The lowest BCUT2D eigenvalue weighted by atomic mass is 10.1. The van der Waals surface area contributed by atoms with Crippen LogP contribution < -0.4 is 9.44 Å². The summed E-state index contributed by atoms with van der Waals surface area (Å²) in [5.41, 5.74) is -2.64. The Morgan fingerprint density at radius 3 is 1.23 bits per heavy atom. The molecule has 14 heteroatoms. The van der Waals surface area contributed by atoms with Gasteiger partial charge < -0.3 is 9.47 Å². The maximum absolute atomic E-state index is 13.3. The molecule has 0 aromatic heterocycles. The van der Waals surface area contributed by atoms with E-state index < -0.39 is 54.5 Å². The van der Waals surface area contributed by atoms with E-state index >= 15 is 0 Å². The number of carbonyl (C=O) groups is 2. The van der Waals surface area contributed by atoms with E-state index in [9.17, 15) is 36.9 Å². The fraction of sp³-hybridized carbons (Fsp3) is 0.231. The Kier molecular flexibility index (Phi) is 10.6. The first-order chi connectivity index (χ1) is 18.8. The third-order valence-electron chi connectivity index (χ3n) is 5.07. The first-order valence-corrected chi connectivity index (χ1v) is 14.6. The molecule has 0 saturated carbocycles. The second-order valence-corrected chi connectivity index (χ2v) is 11.4. The summed E-state index contributed by atoms with van der Waals surface area (Å²) in [6.07, 6.45) is 0. The van der Waals surface area contributed by atoms with Crippen molar-refractivity contribution in [2.24, 2.45) is 0 Å². The van der Waals surface area contributed by atoms with Crippen molar-refractivity contribution in [1.29, 1.82) is 10.5 Å². The summed E-state index contributed by atoms with van der Waals surface area (Å²) in [5.74, 6) is -2.69. The van der Waals surface area contributed by atoms with E-state index in [1.54, 1.807) is 13.8 Å². The summed E-state index contributed by atoms with van der Waals surface area (Å²) in [7, 11) is -9.26. The Morgan fingerprint density at radius 2 is 0.975 bits per heavy atom. The highest BCUT2D eigenvalue weighted by molar-refractivity contribution is 7.90. The van der Waals surface area contributed by atoms with Crippen LogP contribution >= 0.6 is 0 Å². The molecule has 0 bridgehead atoms. The molecule has 0 radical (unpaired) electrons. The molecule has 0 aliphatic rings. The molecule has 12 nitrogen and oxygen atoms in total. The third-order valence-corrected chi connectivity index (χ3v) is 7.80. The molecule has 2 aromatic rings. The van der Waals surface area contributed by atoms with Crippen LogP contribution in [0.25, 0.3) is 0 Å². The summed E-state index contributed by atoms with van der Waals surface area (Å²) < 4.78 is 67.0. The first-order valence-electron chi connectivity index (χ1n) is 11.6. The molecule has 0 atom stereocenters. The smallest absolute Gasteiger partial charge is 0.351 e. The van der Waals surface area contributed by atoms with E-state index in [4.69, 9.17) is 9.47 Å². The lowest BCUT2D eigenvalue weighted by Crippen LogP contribution is -2.35. The zero-order valence-corrected chi connectivity index (χ0v) is 23.6. The lowest BCUT2D eigenvalue weighted by Gasteiger charge is -2.19.